The second kappa shape index (κ2) is 8.81. The van der Waals surface area contributed by atoms with E-state index >= 15 is 0 Å². The van der Waals surface area contributed by atoms with Crippen LogP contribution in [0.2, 0.25) is 0 Å². The van der Waals surface area contributed by atoms with E-state index in [1.54, 1.807) is 24.3 Å². The zero-order valence-electron chi connectivity index (χ0n) is 17.9. The summed E-state index contributed by atoms with van der Waals surface area (Å²) >= 11 is 1.36. The van der Waals surface area contributed by atoms with E-state index in [9.17, 15) is 13.2 Å². The zero-order valence-corrected chi connectivity index (χ0v) is 19.6. The average Bonchev–Trinajstić information content (AvgIpc) is 3.27. The van der Waals surface area contributed by atoms with Crippen molar-refractivity contribution in [2.75, 3.05) is 17.1 Å². The first-order valence-electron chi connectivity index (χ1n) is 10.2. The lowest BCUT2D eigenvalue weighted by atomic mass is 10.1. The van der Waals surface area contributed by atoms with Crippen LogP contribution in [0.15, 0.2) is 77.7 Å². The minimum atomic E-state index is -3.77. The number of hydrogen-bond acceptors (Lipinski definition) is 7. The van der Waals surface area contributed by atoms with E-state index in [1.807, 2.05) is 24.3 Å². The van der Waals surface area contributed by atoms with Crippen molar-refractivity contribution in [3.8, 4) is 22.8 Å². The fraction of sp³-hybridized carbons (Fsp3) is 0.0833. The molecule has 0 saturated carbocycles. The number of rotatable bonds is 6. The van der Waals surface area contributed by atoms with Crippen molar-refractivity contribution >= 4 is 38.1 Å². The van der Waals surface area contributed by atoms with Gasteiger partial charge in [-0.1, -0.05) is 23.5 Å². The quantitative estimate of drug-likeness (QED) is 0.401. The van der Waals surface area contributed by atoms with Gasteiger partial charge in [0.05, 0.1) is 22.6 Å². The molecular weight excluding hydrogens is 474 g/mol. The van der Waals surface area contributed by atoms with Crippen LogP contribution >= 0.6 is 11.3 Å². The molecule has 0 atom stereocenters. The van der Waals surface area contributed by atoms with E-state index in [0.29, 0.717) is 28.7 Å². The van der Waals surface area contributed by atoms with Gasteiger partial charge in [-0.05, 0) is 60.7 Å². The number of nitrogens with zero attached hydrogens (tertiary/aromatic N) is 1. The predicted molar refractivity (Wildman–Crippen MR) is 130 cm³/mol. The van der Waals surface area contributed by atoms with Gasteiger partial charge in [-0.15, -0.1) is 0 Å². The van der Waals surface area contributed by atoms with Crippen LogP contribution in [-0.2, 0) is 16.6 Å². The van der Waals surface area contributed by atoms with Gasteiger partial charge in [-0.3, -0.25) is 14.8 Å². The molecule has 1 amide bonds. The number of nitrogens with one attached hydrogen (secondary N) is 2. The highest BCUT2D eigenvalue weighted by molar-refractivity contribution is 7.92. The normalized spacial score (nSPS) is 12.1. The van der Waals surface area contributed by atoms with Crippen LogP contribution in [0.4, 0.5) is 10.8 Å². The van der Waals surface area contributed by atoms with Gasteiger partial charge in [-0.25, -0.2) is 13.4 Å². The first-order chi connectivity index (χ1) is 16.4. The van der Waals surface area contributed by atoms with Crippen LogP contribution in [0.3, 0.4) is 0 Å². The molecule has 2 N–H and O–H groups in total. The summed E-state index contributed by atoms with van der Waals surface area (Å²) in [4.78, 5) is 18.3. The Morgan fingerprint density at radius 1 is 1.03 bits per heavy atom. The average molecular weight is 494 g/mol. The summed E-state index contributed by atoms with van der Waals surface area (Å²) in [6.45, 7) is 0.406. The van der Waals surface area contributed by atoms with E-state index in [0.717, 1.165) is 21.9 Å². The molecular formula is C24H19N3O5S2. The number of thiazole rings is 1. The van der Waals surface area contributed by atoms with Crippen molar-refractivity contribution in [2.24, 2.45) is 0 Å². The lowest BCUT2D eigenvalue weighted by Crippen LogP contribution is -2.14. The maximum absolute atomic E-state index is 12.7. The van der Waals surface area contributed by atoms with Crippen LogP contribution in [-0.4, -0.2) is 26.4 Å². The summed E-state index contributed by atoms with van der Waals surface area (Å²) < 4.78 is 38.5. The van der Waals surface area contributed by atoms with Crippen LogP contribution in [0.5, 0.6) is 11.5 Å². The predicted octanol–water partition coefficient (Wildman–Crippen LogP) is 4.76. The molecule has 1 aliphatic heterocycles. The minimum Gasteiger partial charge on any atom is -0.497 e. The molecule has 2 heterocycles. The molecule has 4 aromatic rings. The third-order valence-corrected chi connectivity index (χ3v) is 7.53. The fourth-order valence-corrected chi connectivity index (χ4v) is 5.42. The van der Waals surface area contributed by atoms with Crippen LogP contribution in [0.25, 0.3) is 11.3 Å². The second-order valence-electron chi connectivity index (χ2n) is 7.39. The van der Waals surface area contributed by atoms with Gasteiger partial charge >= 0.3 is 0 Å². The summed E-state index contributed by atoms with van der Waals surface area (Å²) in [6, 6.07) is 19.9. The van der Waals surface area contributed by atoms with E-state index in [1.165, 1.54) is 42.7 Å². The van der Waals surface area contributed by atoms with Gasteiger partial charge in [0.15, 0.2) is 5.13 Å². The first kappa shape index (κ1) is 21.9. The summed E-state index contributed by atoms with van der Waals surface area (Å²) in [5, 5.41) is 3.28. The monoisotopic (exact) mass is 493 g/mol. The Labute approximate surface area is 200 Å². The molecule has 1 aliphatic rings. The Hall–Kier alpha value is -3.89. The van der Waals surface area contributed by atoms with E-state index in [2.05, 4.69) is 15.0 Å². The smallest absolute Gasteiger partial charge is 0.261 e. The number of carbonyl (C=O) groups is 1. The molecule has 3 aromatic carbocycles. The SMILES string of the molecule is COc1ccc(S(=O)(=O)Nc2ccc(C(=O)Nc3nc4c(s3)COc3ccccc3-4)cc2)cc1. The molecule has 8 nitrogen and oxygen atoms in total. The van der Waals surface area contributed by atoms with Gasteiger partial charge in [0.2, 0.25) is 0 Å². The molecule has 0 unspecified atom stereocenters. The maximum Gasteiger partial charge on any atom is 0.261 e. The number of sulfonamides is 1. The van der Waals surface area contributed by atoms with Crippen molar-refractivity contribution in [1.29, 1.82) is 0 Å². The highest BCUT2D eigenvalue weighted by Gasteiger charge is 2.22. The van der Waals surface area contributed by atoms with Crippen LogP contribution < -0.4 is 19.5 Å². The van der Waals surface area contributed by atoms with Gasteiger partial charge in [0.1, 0.15) is 18.1 Å². The molecule has 34 heavy (non-hydrogen) atoms. The van der Waals surface area contributed by atoms with Crippen molar-refractivity contribution in [1.82, 2.24) is 4.98 Å². The summed E-state index contributed by atoms with van der Waals surface area (Å²) in [5.41, 5.74) is 2.42. The Balaban J connectivity index is 1.28. The van der Waals surface area contributed by atoms with Crippen molar-refractivity contribution in [3.05, 3.63) is 83.2 Å². The third-order valence-electron chi connectivity index (χ3n) is 5.19. The number of aromatic nitrogens is 1. The maximum atomic E-state index is 12.7. The number of ether oxygens (including phenoxy) is 2. The number of hydrogen-bond donors (Lipinski definition) is 2. The number of fused-ring (bicyclic) bond motifs is 3. The molecule has 1 aromatic heterocycles. The number of methoxy groups -OCH3 is 1. The summed E-state index contributed by atoms with van der Waals surface area (Å²) in [7, 11) is -2.26. The van der Waals surface area contributed by atoms with Gasteiger partial charge in [0.25, 0.3) is 15.9 Å². The van der Waals surface area contributed by atoms with Gasteiger partial charge in [0, 0.05) is 16.8 Å². The van der Waals surface area contributed by atoms with Crippen molar-refractivity contribution in [3.63, 3.8) is 0 Å². The lowest BCUT2D eigenvalue weighted by Gasteiger charge is -2.15. The van der Waals surface area contributed by atoms with Crippen LogP contribution in [0.1, 0.15) is 15.2 Å². The lowest BCUT2D eigenvalue weighted by molar-refractivity contribution is 0.102. The fourth-order valence-electron chi connectivity index (χ4n) is 3.47. The van der Waals surface area contributed by atoms with E-state index in [-0.39, 0.29) is 10.8 Å². The highest BCUT2D eigenvalue weighted by atomic mass is 32.2. The number of para-hydroxylation sites is 1. The van der Waals surface area contributed by atoms with Crippen LogP contribution in [0, 0.1) is 0 Å². The van der Waals surface area contributed by atoms with E-state index < -0.39 is 10.0 Å². The number of benzene rings is 3. The number of anilines is 2. The topological polar surface area (TPSA) is 107 Å². The van der Waals surface area contributed by atoms with Gasteiger partial charge in [-0.2, -0.15) is 0 Å². The molecule has 0 bridgehead atoms. The van der Waals surface area contributed by atoms with Crippen molar-refractivity contribution < 1.29 is 22.7 Å². The largest absolute Gasteiger partial charge is 0.497 e. The zero-order chi connectivity index (χ0) is 23.7. The summed E-state index contributed by atoms with van der Waals surface area (Å²) in [5.74, 6) is 0.989. The Kier molecular flexibility index (Phi) is 5.68. The summed E-state index contributed by atoms with van der Waals surface area (Å²) in [6.07, 6.45) is 0. The van der Waals surface area contributed by atoms with Crippen molar-refractivity contribution in [2.45, 2.75) is 11.5 Å². The number of carbonyl (C=O) groups excluding carboxylic acids is 1. The second-order valence-corrected chi connectivity index (χ2v) is 10.2. The minimum absolute atomic E-state index is 0.105. The Morgan fingerprint density at radius 3 is 2.50 bits per heavy atom. The molecule has 0 aliphatic carbocycles. The molecule has 0 spiro atoms. The molecule has 5 rings (SSSR count). The third kappa shape index (κ3) is 4.33. The Morgan fingerprint density at radius 2 is 1.76 bits per heavy atom. The van der Waals surface area contributed by atoms with Gasteiger partial charge < -0.3 is 9.47 Å². The number of amides is 1. The standard InChI is InChI=1S/C24H19N3O5S2/c1-31-17-10-12-18(13-11-17)34(29,30)27-16-8-6-15(7-9-16)23(28)26-24-25-22-19-4-2-3-5-20(19)32-14-21(22)33-24/h2-13,27H,14H2,1H3,(H,25,26,28). The van der Waals surface area contributed by atoms with E-state index in [4.69, 9.17) is 9.47 Å². The first-order valence-corrected chi connectivity index (χ1v) is 12.5. The molecule has 0 fully saturated rings. The Bertz CT molecular complexity index is 1460. The highest BCUT2D eigenvalue weighted by Crippen LogP contribution is 2.40. The molecule has 10 heteroatoms. The molecule has 0 saturated heterocycles. The molecule has 172 valence electrons. The molecule has 0 radical (unpaired) electrons.